The van der Waals surface area contributed by atoms with Gasteiger partial charge < -0.3 is 16.0 Å². The minimum absolute atomic E-state index is 0.0813. The van der Waals surface area contributed by atoms with Crippen molar-refractivity contribution < 1.29 is 4.79 Å². The molecule has 0 spiro atoms. The fourth-order valence-corrected chi connectivity index (χ4v) is 5.52. The minimum atomic E-state index is -0.469. The highest BCUT2D eigenvalue weighted by molar-refractivity contribution is 6.30. The molecule has 2 heterocycles. The van der Waals surface area contributed by atoms with Gasteiger partial charge in [0.15, 0.2) is 5.69 Å². The number of carbonyl (C=O) groups excluding carboxylic acids is 1. The second-order valence-corrected chi connectivity index (χ2v) is 11.2. The summed E-state index contributed by atoms with van der Waals surface area (Å²) in [4.78, 5) is 30.8. The van der Waals surface area contributed by atoms with E-state index in [1.807, 2.05) is 54.0 Å². The molecule has 1 atom stereocenters. The van der Waals surface area contributed by atoms with E-state index in [-0.39, 0.29) is 5.91 Å². The summed E-state index contributed by atoms with van der Waals surface area (Å²) in [6, 6.07) is 16.3. The van der Waals surface area contributed by atoms with Crippen molar-refractivity contribution >= 4 is 35.0 Å². The second-order valence-electron chi connectivity index (χ2n) is 10.8. The Morgan fingerprint density at radius 3 is 2.60 bits per heavy atom. The molecule has 3 N–H and O–H groups in total. The Morgan fingerprint density at radius 2 is 1.88 bits per heavy atom. The molecule has 0 radical (unpaired) electrons. The highest BCUT2D eigenvalue weighted by atomic mass is 35.5. The lowest BCUT2D eigenvalue weighted by Crippen LogP contribution is -2.41. The summed E-state index contributed by atoms with van der Waals surface area (Å²) >= 11 is 6.18. The Balaban J connectivity index is 1.38. The summed E-state index contributed by atoms with van der Waals surface area (Å²) in [7, 11) is 0. The summed E-state index contributed by atoms with van der Waals surface area (Å²) in [6.07, 6.45) is 10.1. The number of halogens is 1. The Kier molecular flexibility index (Phi) is 9.67. The molecule has 5 rings (SSSR count). The molecule has 1 aliphatic carbocycles. The molecule has 2 aromatic heterocycles. The highest BCUT2D eigenvalue weighted by Gasteiger charge is 2.25. The Labute approximate surface area is 251 Å². The maximum Gasteiger partial charge on any atom is 0.242 e. The van der Waals surface area contributed by atoms with Crippen molar-refractivity contribution in [2.75, 3.05) is 10.6 Å². The molecule has 0 saturated heterocycles. The first-order valence-electron chi connectivity index (χ1n) is 14.3. The molecule has 1 saturated carbocycles. The zero-order chi connectivity index (χ0) is 29.3. The number of nitrogens with one attached hydrogen (secondary N) is 3. The van der Waals surface area contributed by atoms with Crippen molar-refractivity contribution in [1.29, 1.82) is 0 Å². The fraction of sp³-hybridized carbons (Fsp3) is 0.344. The zero-order valence-corrected chi connectivity index (χ0v) is 24.4. The van der Waals surface area contributed by atoms with E-state index in [9.17, 15) is 4.79 Å². The first-order valence-corrected chi connectivity index (χ1v) is 14.7. The van der Waals surface area contributed by atoms with Gasteiger partial charge in [0.25, 0.3) is 0 Å². The fourth-order valence-electron chi connectivity index (χ4n) is 5.31. The number of nitrogens with zero attached hydrogens (tertiary/aromatic N) is 5. The van der Waals surface area contributed by atoms with E-state index >= 15 is 0 Å². The van der Waals surface area contributed by atoms with Crippen LogP contribution in [0.4, 0.5) is 17.5 Å². The molecule has 0 bridgehead atoms. The van der Waals surface area contributed by atoms with Crippen molar-refractivity contribution in [3.05, 3.63) is 100 Å². The number of imidazole rings is 1. The van der Waals surface area contributed by atoms with Crippen molar-refractivity contribution in [1.82, 2.24) is 24.8 Å². The van der Waals surface area contributed by atoms with Crippen LogP contribution in [0.1, 0.15) is 55.3 Å². The molecule has 216 valence electrons. The van der Waals surface area contributed by atoms with Crippen molar-refractivity contribution in [2.45, 2.75) is 64.6 Å². The number of anilines is 2. The predicted molar refractivity (Wildman–Crippen MR) is 166 cm³/mol. The van der Waals surface area contributed by atoms with E-state index in [0.29, 0.717) is 47.3 Å². The third-order valence-corrected chi connectivity index (χ3v) is 7.82. The van der Waals surface area contributed by atoms with E-state index in [1.165, 1.54) is 19.3 Å². The van der Waals surface area contributed by atoms with Crippen LogP contribution >= 0.6 is 11.6 Å². The van der Waals surface area contributed by atoms with Crippen molar-refractivity contribution in [2.24, 2.45) is 5.92 Å². The normalized spacial score (nSPS) is 14.1. The number of carbonyl (C=O) groups is 1. The lowest BCUT2D eigenvalue weighted by atomic mass is 9.84. The van der Waals surface area contributed by atoms with Crippen LogP contribution in [-0.2, 0) is 17.9 Å². The summed E-state index contributed by atoms with van der Waals surface area (Å²) in [5, 5.41) is 10.5. The molecule has 2 aromatic carbocycles. The van der Waals surface area contributed by atoms with Crippen molar-refractivity contribution in [3.8, 4) is 5.82 Å². The van der Waals surface area contributed by atoms with Crippen LogP contribution in [0.3, 0.4) is 0 Å². The summed E-state index contributed by atoms with van der Waals surface area (Å²) in [6.45, 7) is 10.00. The van der Waals surface area contributed by atoms with Gasteiger partial charge in [-0.3, -0.25) is 9.36 Å². The highest BCUT2D eigenvalue weighted by Crippen LogP contribution is 2.29. The predicted octanol–water partition coefficient (Wildman–Crippen LogP) is 6.85. The molecular formula is C32H35ClN8O. The number of rotatable bonds is 11. The topological polar surface area (TPSA) is 101 Å². The second kappa shape index (κ2) is 14.0. The third-order valence-electron chi connectivity index (χ3n) is 7.59. The third kappa shape index (κ3) is 7.86. The molecule has 0 aliphatic heterocycles. The standard InChI is InChI=1S/C32H35ClN8O/c1-22-18-35-21-41(22)30-17-29(39-32(40-30)37-20-25-9-6-10-26(33)15-25)38-28(16-23-7-4-3-5-8-23)31(42)36-19-24-11-13-27(34-2)14-12-24/h6,9-15,17-18,21,23,28H,3-5,7-8,16,19-20H2,1H3,(H,36,42)(H2,37,38,39,40). The Morgan fingerprint density at radius 1 is 1.07 bits per heavy atom. The van der Waals surface area contributed by atoms with Gasteiger partial charge in [-0.15, -0.1) is 0 Å². The van der Waals surface area contributed by atoms with Crippen LogP contribution in [-0.4, -0.2) is 31.5 Å². The van der Waals surface area contributed by atoms with Crippen LogP contribution in [0.5, 0.6) is 0 Å². The molecule has 10 heteroatoms. The summed E-state index contributed by atoms with van der Waals surface area (Å²) in [5.74, 6) is 2.02. The van der Waals surface area contributed by atoms with Gasteiger partial charge in [0.1, 0.15) is 24.0 Å². The van der Waals surface area contributed by atoms with E-state index < -0.39 is 6.04 Å². The summed E-state index contributed by atoms with van der Waals surface area (Å²) in [5.41, 5.74) is 3.46. The molecule has 9 nitrogen and oxygen atoms in total. The quantitative estimate of drug-likeness (QED) is 0.167. The SMILES string of the molecule is [C-]#[N+]c1ccc(CNC(=O)C(CC2CCCCC2)Nc2cc(-n3cncc3C)nc(NCc3cccc(Cl)c3)n2)cc1. The van der Waals surface area contributed by atoms with E-state index in [2.05, 4.69) is 25.8 Å². The maximum atomic E-state index is 13.6. The largest absolute Gasteiger partial charge is 0.358 e. The van der Waals surface area contributed by atoms with E-state index in [0.717, 1.165) is 36.1 Å². The molecule has 1 aliphatic rings. The Bertz CT molecular complexity index is 1540. The lowest BCUT2D eigenvalue weighted by Gasteiger charge is -2.27. The first-order chi connectivity index (χ1) is 20.5. The van der Waals surface area contributed by atoms with Gasteiger partial charge in [0.2, 0.25) is 11.9 Å². The molecule has 1 unspecified atom stereocenters. The van der Waals surface area contributed by atoms with Crippen LogP contribution in [0, 0.1) is 19.4 Å². The van der Waals surface area contributed by atoms with Gasteiger partial charge in [0, 0.05) is 36.1 Å². The van der Waals surface area contributed by atoms with Crippen LogP contribution in [0.2, 0.25) is 5.02 Å². The van der Waals surface area contributed by atoms with Crippen LogP contribution in [0.25, 0.3) is 10.7 Å². The number of aryl methyl sites for hydroxylation is 1. The van der Waals surface area contributed by atoms with Gasteiger partial charge in [-0.25, -0.2) is 9.83 Å². The average Bonchev–Trinajstić information content (AvgIpc) is 3.45. The number of hydrogen-bond acceptors (Lipinski definition) is 6. The van der Waals surface area contributed by atoms with E-state index in [4.69, 9.17) is 28.1 Å². The zero-order valence-electron chi connectivity index (χ0n) is 23.7. The summed E-state index contributed by atoms with van der Waals surface area (Å²) < 4.78 is 1.89. The molecule has 1 fully saturated rings. The van der Waals surface area contributed by atoms with Gasteiger partial charge in [0.05, 0.1) is 6.57 Å². The number of hydrogen-bond donors (Lipinski definition) is 3. The lowest BCUT2D eigenvalue weighted by molar-refractivity contribution is -0.122. The molecule has 1 amide bonds. The number of aromatic nitrogens is 4. The number of benzene rings is 2. The smallest absolute Gasteiger partial charge is 0.242 e. The maximum absolute atomic E-state index is 13.6. The van der Waals surface area contributed by atoms with E-state index in [1.54, 1.807) is 24.7 Å². The average molecular weight is 583 g/mol. The van der Waals surface area contributed by atoms with Gasteiger partial charge in [-0.1, -0.05) is 80.1 Å². The van der Waals surface area contributed by atoms with Crippen LogP contribution in [0.15, 0.2) is 67.1 Å². The first kappa shape index (κ1) is 29.1. The van der Waals surface area contributed by atoms with Crippen LogP contribution < -0.4 is 16.0 Å². The van der Waals surface area contributed by atoms with Crippen molar-refractivity contribution in [3.63, 3.8) is 0 Å². The molecule has 4 aromatic rings. The monoisotopic (exact) mass is 582 g/mol. The van der Waals surface area contributed by atoms with Gasteiger partial charge in [-0.05, 0) is 42.5 Å². The Hall–Kier alpha value is -4.42. The number of amides is 1. The molecule has 42 heavy (non-hydrogen) atoms. The van der Waals surface area contributed by atoms with Gasteiger partial charge in [-0.2, -0.15) is 9.97 Å². The minimum Gasteiger partial charge on any atom is -0.358 e. The molecular weight excluding hydrogens is 548 g/mol. The van der Waals surface area contributed by atoms with Gasteiger partial charge >= 0.3 is 0 Å².